The zero-order chi connectivity index (χ0) is 14.4. The molecule has 1 aliphatic rings. The molecule has 0 radical (unpaired) electrons. The van der Waals surface area contributed by atoms with Gasteiger partial charge in [0.15, 0.2) is 0 Å². The summed E-state index contributed by atoms with van der Waals surface area (Å²) in [7, 11) is 1.51. The van der Waals surface area contributed by atoms with E-state index in [9.17, 15) is 9.59 Å². The molecular weight excluding hydrogens is 254 g/mol. The van der Waals surface area contributed by atoms with Gasteiger partial charge in [0.05, 0.1) is 11.2 Å². The molecule has 3 rings (SSSR count). The number of carbonyl (C=O) groups is 2. The van der Waals surface area contributed by atoms with Crippen molar-refractivity contribution in [2.24, 2.45) is 0 Å². The Kier molecular flexibility index (Phi) is 2.71. The first-order valence-corrected chi connectivity index (χ1v) is 6.56. The normalized spacial score (nSPS) is 15.8. The lowest BCUT2D eigenvalue weighted by atomic mass is 10.1. The van der Waals surface area contributed by atoms with Gasteiger partial charge in [0, 0.05) is 18.0 Å². The Morgan fingerprint density at radius 1 is 1.15 bits per heavy atom. The Morgan fingerprint density at radius 3 is 2.55 bits per heavy atom. The molecule has 0 N–H and O–H groups in total. The maximum atomic E-state index is 12.3. The van der Waals surface area contributed by atoms with Gasteiger partial charge in [-0.2, -0.15) is 5.10 Å². The van der Waals surface area contributed by atoms with Crippen LogP contribution in [0.5, 0.6) is 0 Å². The largest absolute Gasteiger partial charge is 0.279 e. The summed E-state index contributed by atoms with van der Waals surface area (Å²) in [6.45, 7) is 3.77. The minimum Gasteiger partial charge on any atom is -0.276 e. The summed E-state index contributed by atoms with van der Waals surface area (Å²) in [5.74, 6) is -0.523. The second-order valence-corrected chi connectivity index (χ2v) is 4.86. The van der Waals surface area contributed by atoms with Gasteiger partial charge in [0.1, 0.15) is 5.70 Å². The summed E-state index contributed by atoms with van der Waals surface area (Å²) in [5, 5.41) is 5.44. The topological polar surface area (TPSA) is 55.2 Å². The highest BCUT2D eigenvalue weighted by Crippen LogP contribution is 2.29. The zero-order valence-electron chi connectivity index (χ0n) is 11.7. The Hall–Kier alpha value is -2.43. The van der Waals surface area contributed by atoms with Gasteiger partial charge in [-0.3, -0.25) is 14.5 Å². The highest BCUT2D eigenvalue weighted by Gasteiger charge is 2.36. The Balaban J connectivity index is 2.33. The molecular formula is C15H15N3O2. The van der Waals surface area contributed by atoms with Gasteiger partial charge >= 0.3 is 0 Å². The molecule has 0 bridgehead atoms. The fourth-order valence-corrected chi connectivity index (χ4v) is 2.61. The molecule has 1 aliphatic heterocycles. The van der Waals surface area contributed by atoms with Crippen LogP contribution in [0.1, 0.15) is 19.0 Å². The summed E-state index contributed by atoms with van der Waals surface area (Å²) >= 11 is 0. The van der Waals surface area contributed by atoms with Gasteiger partial charge < -0.3 is 0 Å². The number of imide groups is 1. The van der Waals surface area contributed by atoms with Crippen molar-refractivity contribution in [2.75, 3.05) is 7.05 Å². The lowest BCUT2D eigenvalue weighted by molar-refractivity contribution is -0.135. The molecule has 0 spiro atoms. The molecule has 0 unspecified atom stereocenters. The number of hydrogen-bond acceptors (Lipinski definition) is 3. The number of aryl methyl sites for hydroxylation is 1. The summed E-state index contributed by atoms with van der Waals surface area (Å²) in [6.07, 6.45) is 0.511. The first kappa shape index (κ1) is 12.6. The molecule has 5 nitrogen and oxygen atoms in total. The molecule has 1 aromatic carbocycles. The number of amides is 2. The molecule has 2 heterocycles. The highest BCUT2D eigenvalue weighted by atomic mass is 16.2. The highest BCUT2D eigenvalue weighted by molar-refractivity contribution is 6.32. The standard InChI is InChI=1S/C15H15N3O2/c1-4-10-13(15(20)17(3)14(10)19)18-12-8-6-5-7-11(12)9(2)16-18/h5-8H,4H2,1-3H3. The van der Waals surface area contributed by atoms with Crippen molar-refractivity contribution in [3.63, 3.8) is 0 Å². The van der Waals surface area contributed by atoms with Crippen LogP contribution in [0.15, 0.2) is 29.8 Å². The number of carbonyl (C=O) groups excluding carboxylic acids is 2. The van der Waals surface area contributed by atoms with Crippen LogP contribution >= 0.6 is 0 Å². The average molecular weight is 269 g/mol. The minimum atomic E-state index is -0.292. The van der Waals surface area contributed by atoms with E-state index >= 15 is 0 Å². The Bertz CT molecular complexity index is 771. The number of para-hydroxylation sites is 1. The monoisotopic (exact) mass is 269 g/mol. The predicted molar refractivity (Wildman–Crippen MR) is 75.8 cm³/mol. The van der Waals surface area contributed by atoms with Gasteiger partial charge in [-0.1, -0.05) is 25.1 Å². The first-order chi connectivity index (χ1) is 9.56. The summed E-state index contributed by atoms with van der Waals surface area (Å²) < 4.78 is 1.60. The number of likely N-dealkylation sites (N-methyl/N-ethyl adjacent to an activating group) is 1. The van der Waals surface area contributed by atoms with Crippen molar-refractivity contribution < 1.29 is 9.59 Å². The predicted octanol–water partition coefficient (Wildman–Crippen LogP) is 1.96. The van der Waals surface area contributed by atoms with E-state index in [1.54, 1.807) is 4.68 Å². The van der Waals surface area contributed by atoms with Gasteiger partial charge in [0.25, 0.3) is 11.8 Å². The van der Waals surface area contributed by atoms with Crippen LogP contribution in [0.4, 0.5) is 0 Å². The fraction of sp³-hybridized carbons (Fsp3) is 0.267. The van der Waals surface area contributed by atoms with Crippen molar-refractivity contribution in [3.05, 3.63) is 35.5 Å². The molecule has 2 aromatic rings. The molecule has 102 valence electrons. The third kappa shape index (κ3) is 1.52. The van der Waals surface area contributed by atoms with Crippen LogP contribution in [-0.2, 0) is 9.59 Å². The minimum absolute atomic E-state index is 0.232. The molecule has 0 saturated carbocycles. The summed E-state index contributed by atoms with van der Waals surface area (Å²) in [4.78, 5) is 25.6. The van der Waals surface area contributed by atoms with Crippen molar-refractivity contribution >= 4 is 28.4 Å². The molecule has 0 saturated heterocycles. The van der Waals surface area contributed by atoms with E-state index in [-0.39, 0.29) is 11.8 Å². The van der Waals surface area contributed by atoms with Gasteiger partial charge in [0.2, 0.25) is 0 Å². The molecule has 0 fully saturated rings. The van der Waals surface area contributed by atoms with E-state index in [0.717, 1.165) is 21.5 Å². The fourth-order valence-electron chi connectivity index (χ4n) is 2.61. The van der Waals surface area contributed by atoms with Gasteiger partial charge in [-0.15, -0.1) is 0 Å². The van der Waals surface area contributed by atoms with Crippen molar-refractivity contribution in [2.45, 2.75) is 20.3 Å². The van der Waals surface area contributed by atoms with Crippen LogP contribution in [0.2, 0.25) is 0 Å². The lowest BCUT2D eigenvalue weighted by Gasteiger charge is -2.07. The van der Waals surface area contributed by atoms with E-state index in [4.69, 9.17) is 0 Å². The van der Waals surface area contributed by atoms with E-state index in [2.05, 4.69) is 5.10 Å². The van der Waals surface area contributed by atoms with Crippen LogP contribution in [0.3, 0.4) is 0 Å². The number of benzene rings is 1. The summed E-state index contributed by atoms with van der Waals surface area (Å²) in [5.41, 5.74) is 2.59. The third-order valence-corrected chi connectivity index (χ3v) is 3.69. The van der Waals surface area contributed by atoms with Crippen LogP contribution in [0, 0.1) is 6.92 Å². The van der Waals surface area contributed by atoms with Crippen LogP contribution in [0.25, 0.3) is 16.6 Å². The zero-order valence-corrected chi connectivity index (χ0v) is 11.7. The number of aromatic nitrogens is 2. The number of nitrogens with zero attached hydrogens (tertiary/aromatic N) is 3. The Morgan fingerprint density at radius 2 is 1.85 bits per heavy atom. The molecule has 5 heteroatoms. The van der Waals surface area contributed by atoms with E-state index in [1.165, 1.54) is 7.05 Å². The molecule has 1 aromatic heterocycles. The maximum absolute atomic E-state index is 12.3. The van der Waals surface area contributed by atoms with E-state index in [0.29, 0.717) is 17.7 Å². The quantitative estimate of drug-likeness (QED) is 0.783. The third-order valence-electron chi connectivity index (χ3n) is 3.69. The van der Waals surface area contributed by atoms with E-state index < -0.39 is 0 Å². The van der Waals surface area contributed by atoms with E-state index in [1.807, 2.05) is 38.1 Å². The second kappa shape index (κ2) is 4.30. The van der Waals surface area contributed by atoms with Crippen molar-refractivity contribution in [3.8, 4) is 0 Å². The second-order valence-electron chi connectivity index (χ2n) is 4.86. The maximum Gasteiger partial charge on any atom is 0.279 e. The number of rotatable bonds is 2. The molecule has 20 heavy (non-hydrogen) atoms. The number of fused-ring (bicyclic) bond motifs is 1. The summed E-state index contributed by atoms with van der Waals surface area (Å²) in [6, 6.07) is 7.71. The lowest BCUT2D eigenvalue weighted by Crippen LogP contribution is -2.27. The molecule has 0 atom stereocenters. The molecule has 0 aliphatic carbocycles. The average Bonchev–Trinajstić information content (AvgIpc) is 2.89. The first-order valence-electron chi connectivity index (χ1n) is 6.56. The van der Waals surface area contributed by atoms with Crippen molar-refractivity contribution in [1.29, 1.82) is 0 Å². The van der Waals surface area contributed by atoms with Crippen LogP contribution in [-0.4, -0.2) is 33.5 Å². The van der Waals surface area contributed by atoms with Gasteiger partial charge in [-0.05, 0) is 19.4 Å². The van der Waals surface area contributed by atoms with Gasteiger partial charge in [-0.25, -0.2) is 4.68 Å². The Labute approximate surface area is 116 Å². The molecule has 2 amide bonds. The van der Waals surface area contributed by atoms with Crippen LogP contribution < -0.4 is 0 Å². The smallest absolute Gasteiger partial charge is 0.276 e. The SMILES string of the molecule is CCC1=C(n2nc(C)c3ccccc32)C(=O)N(C)C1=O. The number of hydrogen-bond donors (Lipinski definition) is 0. The van der Waals surface area contributed by atoms with Crippen molar-refractivity contribution in [1.82, 2.24) is 14.7 Å².